The van der Waals surface area contributed by atoms with Gasteiger partial charge in [-0.15, -0.1) is 11.6 Å². The first-order valence-electron chi connectivity index (χ1n) is 6.30. The molecular formula is C16H14BrClF2O. The Morgan fingerprint density at radius 1 is 1.14 bits per heavy atom. The predicted octanol–water partition coefficient (Wildman–Crippen LogP) is 5.68. The molecule has 0 aliphatic rings. The lowest BCUT2D eigenvalue weighted by molar-refractivity contribution is 0.406. The van der Waals surface area contributed by atoms with Crippen molar-refractivity contribution in [3.63, 3.8) is 0 Å². The highest BCUT2D eigenvalue weighted by Gasteiger charge is 2.26. The van der Waals surface area contributed by atoms with E-state index in [-0.39, 0.29) is 5.56 Å². The Morgan fingerprint density at radius 2 is 1.71 bits per heavy atom. The predicted molar refractivity (Wildman–Crippen MR) is 84.2 cm³/mol. The van der Waals surface area contributed by atoms with E-state index >= 15 is 0 Å². The topological polar surface area (TPSA) is 9.23 Å². The van der Waals surface area contributed by atoms with Gasteiger partial charge in [-0.2, -0.15) is 0 Å². The van der Waals surface area contributed by atoms with Gasteiger partial charge in [0.15, 0.2) is 0 Å². The van der Waals surface area contributed by atoms with Crippen molar-refractivity contribution in [2.45, 2.75) is 19.2 Å². The van der Waals surface area contributed by atoms with Crippen LogP contribution in [0, 0.1) is 25.5 Å². The maximum absolute atomic E-state index is 14.0. The van der Waals surface area contributed by atoms with Crippen molar-refractivity contribution in [3.8, 4) is 5.75 Å². The molecule has 0 aliphatic carbocycles. The van der Waals surface area contributed by atoms with E-state index in [1.54, 1.807) is 0 Å². The number of aryl methyl sites for hydroxylation is 1. The molecule has 0 saturated heterocycles. The zero-order chi connectivity index (χ0) is 15.7. The summed E-state index contributed by atoms with van der Waals surface area (Å²) in [5.41, 5.74) is 2.03. The molecule has 5 heteroatoms. The summed E-state index contributed by atoms with van der Waals surface area (Å²) in [4.78, 5) is 0. The van der Waals surface area contributed by atoms with Crippen molar-refractivity contribution in [1.82, 2.24) is 0 Å². The van der Waals surface area contributed by atoms with Crippen LogP contribution >= 0.6 is 27.5 Å². The third kappa shape index (κ3) is 2.92. The smallest absolute Gasteiger partial charge is 0.131 e. The Balaban J connectivity index is 2.71. The van der Waals surface area contributed by atoms with Crippen molar-refractivity contribution >= 4 is 27.5 Å². The molecule has 0 fully saturated rings. The van der Waals surface area contributed by atoms with E-state index in [0.29, 0.717) is 11.3 Å². The summed E-state index contributed by atoms with van der Waals surface area (Å²) in [6.45, 7) is 3.68. The summed E-state index contributed by atoms with van der Waals surface area (Å²) < 4.78 is 34.2. The highest BCUT2D eigenvalue weighted by molar-refractivity contribution is 9.10. The monoisotopic (exact) mass is 374 g/mol. The number of hydrogen-bond acceptors (Lipinski definition) is 1. The number of hydrogen-bond donors (Lipinski definition) is 0. The summed E-state index contributed by atoms with van der Waals surface area (Å²) in [6.07, 6.45) is 0. The Kier molecular flexibility index (Phi) is 4.89. The van der Waals surface area contributed by atoms with Gasteiger partial charge in [0.25, 0.3) is 0 Å². The highest BCUT2D eigenvalue weighted by atomic mass is 79.9. The number of benzene rings is 2. The van der Waals surface area contributed by atoms with Crippen LogP contribution in [0.5, 0.6) is 5.75 Å². The van der Waals surface area contributed by atoms with Crippen LogP contribution in [0.3, 0.4) is 0 Å². The first-order valence-corrected chi connectivity index (χ1v) is 7.53. The van der Waals surface area contributed by atoms with Gasteiger partial charge in [-0.05, 0) is 43.2 Å². The van der Waals surface area contributed by atoms with Gasteiger partial charge >= 0.3 is 0 Å². The van der Waals surface area contributed by atoms with Gasteiger partial charge < -0.3 is 4.74 Å². The molecule has 2 rings (SSSR count). The Hall–Kier alpha value is -1.13. The molecule has 0 aliphatic heterocycles. The van der Waals surface area contributed by atoms with E-state index in [0.717, 1.165) is 15.6 Å². The highest BCUT2D eigenvalue weighted by Crippen LogP contribution is 2.43. The second kappa shape index (κ2) is 6.32. The van der Waals surface area contributed by atoms with Crippen LogP contribution in [0.25, 0.3) is 0 Å². The van der Waals surface area contributed by atoms with Gasteiger partial charge in [0.2, 0.25) is 0 Å². The molecule has 1 atom stereocenters. The summed E-state index contributed by atoms with van der Waals surface area (Å²) in [5, 5.41) is -0.975. The van der Waals surface area contributed by atoms with Gasteiger partial charge in [0, 0.05) is 15.6 Å². The van der Waals surface area contributed by atoms with E-state index in [2.05, 4.69) is 15.9 Å². The third-order valence-corrected chi connectivity index (χ3v) is 4.68. The minimum absolute atomic E-state index is 0.168. The van der Waals surface area contributed by atoms with Crippen molar-refractivity contribution in [2.24, 2.45) is 0 Å². The molecule has 112 valence electrons. The van der Waals surface area contributed by atoms with Gasteiger partial charge in [0.05, 0.1) is 12.5 Å². The molecule has 0 heterocycles. The van der Waals surface area contributed by atoms with Crippen LogP contribution in [-0.4, -0.2) is 7.11 Å². The van der Waals surface area contributed by atoms with E-state index in [1.165, 1.54) is 25.3 Å². The summed E-state index contributed by atoms with van der Waals surface area (Å²) >= 11 is 9.83. The fourth-order valence-electron chi connectivity index (χ4n) is 2.35. The maximum atomic E-state index is 14.0. The SMILES string of the molecule is COc1c(C)cc(Br)c(C)c1C(Cl)c1c(F)cccc1F. The van der Waals surface area contributed by atoms with E-state index in [1.807, 2.05) is 19.9 Å². The average Bonchev–Trinajstić information content (AvgIpc) is 2.42. The molecule has 21 heavy (non-hydrogen) atoms. The van der Waals surface area contributed by atoms with Crippen LogP contribution < -0.4 is 4.74 Å². The van der Waals surface area contributed by atoms with Gasteiger partial charge in [-0.25, -0.2) is 8.78 Å². The quantitative estimate of drug-likeness (QED) is 0.627. The Labute approximate surface area is 136 Å². The Morgan fingerprint density at radius 3 is 2.24 bits per heavy atom. The number of rotatable bonds is 3. The molecule has 0 amide bonds. The second-order valence-corrected chi connectivity index (χ2v) is 6.04. The summed E-state index contributed by atoms with van der Waals surface area (Å²) in [7, 11) is 1.51. The molecule has 0 saturated carbocycles. The fourth-order valence-corrected chi connectivity index (χ4v) is 3.38. The molecule has 0 bridgehead atoms. The fraction of sp³-hybridized carbons (Fsp3) is 0.250. The van der Waals surface area contributed by atoms with Crippen molar-refractivity contribution in [1.29, 1.82) is 0 Å². The van der Waals surface area contributed by atoms with Gasteiger partial charge in [-0.3, -0.25) is 0 Å². The maximum Gasteiger partial charge on any atom is 0.131 e. The number of alkyl halides is 1. The average molecular weight is 376 g/mol. The molecule has 2 aromatic carbocycles. The lowest BCUT2D eigenvalue weighted by atomic mass is 9.96. The standard InChI is InChI=1S/C16H14BrClF2O/c1-8-7-10(17)9(2)13(16(8)21-3)15(18)14-11(19)5-4-6-12(14)20/h4-7,15H,1-3H3. The molecule has 1 nitrogen and oxygen atoms in total. The molecule has 0 N–H and O–H groups in total. The number of ether oxygens (including phenoxy) is 1. The van der Waals surface area contributed by atoms with Crippen LogP contribution in [0.1, 0.15) is 27.6 Å². The Bertz CT molecular complexity index is 668. The number of methoxy groups -OCH3 is 1. The lowest BCUT2D eigenvalue weighted by Gasteiger charge is -2.21. The third-order valence-electron chi connectivity index (χ3n) is 3.42. The zero-order valence-corrected chi connectivity index (χ0v) is 14.1. The van der Waals surface area contributed by atoms with Crippen LogP contribution in [0.4, 0.5) is 8.78 Å². The van der Waals surface area contributed by atoms with Crippen LogP contribution in [-0.2, 0) is 0 Å². The van der Waals surface area contributed by atoms with Crippen LogP contribution in [0.15, 0.2) is 28.7 Å². The minimum atomic E-state index is -0.975. The minimum Gasteiger partial charge on any atom is -0.496 e. The summed E-state index contributed by atoms with van der Waals surface area (Å²) in [5.74, 6) is -0.804. The van der Waals surface area contributed by atoms with E-state index in [9.17, 15) is 8.78 Å². The zero-order valence-electron chi connectivity index (χ0n) is 11.8. The van der Waals surface area contributed by atoms with Gasteiger partial charge in [0.1, 0.15) is 17.4 Å². The van der Waals surface area contributed by atoms with Crippen molar-refractivity contribution < 1.29 is 13.5 Å². The molecular weight excluding hydrogens is 362 g/mol. The van der Waals surface area contributed by atoms with Crippen molar-refractivity contribution in [3.05, 3.63) is 62.6 Å². The first kappa shape index (κ1) is 16.2. The molecule has 1 unspecified atom stereocenters. The number of halogens is 4. The molecule has 0 spiro atoms. The normalized spacial score (nSPS) is 12.3. The molecule has 2 aromatic rings. The van der Waals surface area contributed by atoms with E-state index in [4.69, 9.17) is 16.3 Å². The largest absolute Gasteiger partial charge is 0.496 e. The van der Waals surface area contributed by atoms with E-state index < -0.39 is 17.0 Å². The second-order valence-electron chi connectivity index (χ2n) is 4.75. The molecule has 0 aromatic heterocycles. The lowest BCUT2D eigenvalue weighted by Crippen LogP contribution is -2.06. The van der Waals surface area contributed by atoms with Gasteiger partial charge in [-0.1, -0.05) is 22.0 Å². The summed E-state index contributed by atoms with van der Waals surface area (Å²) in [6, 6.07) is 5.59. The van der Waals surface area contributed by atoms with Crippen LogP contribution in [0.2, 0.25) is 0 Å². The first-order chi connectivity index (χ1) is 9.88. The molecule has 0 radical (unpaired) electrons. The van der Waals surface area contributed by atoms with Crippen molar-refractivity contribution in [2.75, 3.05) is 7.11 Å².